The van der Waals surface area contributed by atoms with Crippen LogP contribution in [0.3, 0.4) is 0 Å². The van der Waals surface area contributed by atoms with E-state index in [0.717, 1.165) is 24.1 Å². The summed E-state index contributed by atoms with van der Waals surface area (Å²) in [5.74, 6) is -0.586. The molecule has 1 aliphatic carbocycles. The number of carboxylic acids is 1. The van der Waals surface area contributed by atoms with Crippen molar-refractivity contribution < 1.29 is 14.3 Å². The molecule has 0 fully saturated rings. The van der Waals surface area contributed by atoms with E-state index >= 15 is 0 Å². The van der Waals surface area contributed by atoms with Crippen molar-refractivity contribution in [2.75, 3.05) is 0 Å². The van der Waals surface area contributed by atoms with Gasteiger partial charge in [0.2, 0.25) is 11.7 Å². The van der Waals surface area contributed by atoms with Crippen LogP contribution in [-0.4, -0.2) is 16.1 Å². The highest BCUT2D eigenvalue weighted by Gasteiger charge is 2.23. The summed E-state index contributed by atoms with van der Waals surface area (Å²) < 4.78 is 5.45. The molecule has 1 N–H and O–H groups in total. The smallest absolute Gasteiger partial charge is 0.373 e. The Morgan fingerprint density at radius 1 is 1.53 bits per heavy atom. The van der Waals surface area contributed by atoms with E-state index in [2.05, 4.69) is 11.1 Å². The van der Waals surface area contributed by atoms with Crippen LogP contribution in [0.2, 0.25) is 0 Å². The maximum absolute atomic E-state index is 11.2. The van der Waals surface area contributed by atoms with Gasteiger partial charge in [0.25, 0.3) is 0 Å². The van der Waals surface area contributed by atoms with E-state index in [4.69, 9.17) is 9.52 Å². The van der Waals surface area contributed by atoms with Gasteiger partial charge in [0, 0.05) is 4.88 Å². The number of nitrogens with zero attached hydrogens (tertiary/aromatic N) is 1. The molecule has 2 heterocycles. The first kappa shape index (κ1) is 12.4. The Morgan fingerprint density at radius 2 is 2.37 bits per heavy atom. The molecule has 0 unspecified atom stereocenters. The number of hydrogen-bond acceptors (Lipinski definition) is 4. The van der Waals surface area contributed by atoms with Crippen molar-refractivity contribution in [1.29, 1.82) is 0 Å². The zero-order chi connectivity index (χ0) is 13.4. The van der Waals surface area contributed by atoms with Gasteiger partial charge in [-0.1, -0.05) is 13.3 Å². The molecule has 1 aliphatic rings. The average molecular weight is 277 g/mol. The predicted molar refractivity (Wildman–Crippen MR) is 72.8 cm³/mol. The molecule has 0 saturated heterocycles. The Balaban J connectivity index is 2.00. The van der Waals surface area contributed by atoms with Gasteiger partial charge >= 0.3 is 5.97 Å². The van der Waals surface area contributed by atoms with E-state index in [9.17, 15) is 4.79 Å². The molecule has 0 amide bonds. The molecule has 19 heavy (non-hydrogen) atoms. The zero-order valence-electron chi connectivity index (χ0n) is 10.7. The van der Waals surface area contributed by atoms with Crippen molar-refractivity contribution in [3.05, 3.63) is 28.0 Å². The quantitative estimate of drug-likeness (QED) is 0.928. The molecule has 2 aromatic rings. The number of rotatable bonds is 4. The number of aromatic nitrogens is 1. The van der Waals surface area contributed by atoms with E-state index < -0.39 is 5.97 Å². The van der Waals surface area contributed by atoms with Crippen LogP contribution in [-0.2, 0) is 19.3 Å². The monoisotopic (exact) mass is 277 g/mol. The second kappa shape index (κ2) is 4.81. The van der Waals surface area contributed by atoms with Crippen molar-refractivity contribution in [2.24, 2.45) is 0 Å². The molecule has 100 valence electrons. The Labute approximate surface area is 115 Å². The number of aryl methyl sites for hydroxylation is 3. The molecular weight excluding hydrogens is 262 g/mol. The second-order valence-electron chi connectivity index (χ2n) is 4.76. The summed E-state index contributed by atoms with van der Waals surface area (Å²) in [6.45, 7) is 2.00. The van der Waals surface area contributed by atoms with Crippen molar-refractivity contribution in [1.82, 2.24) is 4.98 Å². The van der Waals surface area contributed by atoms with Crippen LogP contribution >= 0.6 is 11.3 Å². The van der Waals surface area contributed by atoms with Crippen LogP contribution in [0.15, 0.2) is 10.5 Å². The van der Waals surface area contributed by atoms with E-state index in [1.54, 1.807) is 11.3 Å². The molecule has 2 aromatic heterocycles. The van der Waals surface area contributed by atoms with Gasteiger partial charge in [-0.2, -0.15) is 0 Å². The van der Waals surface area contributed by atoms with Gasteiger partial charge in [0.1, 0.15) is 0 Å². The SMILES string of the molecule is CCCc1nc(-c2cc3c(s2)CCC3)oc1C(=O)O. The fourth-order valence-electron chi connectivity index (χ4n) is 2.46. The largest absolute Gasteiger partial charge is 0.475 e. The standard InChI is InChI=1S/C14H15NO3S/c1-2-4-9-12(14(16)17)18-13(15-9)11-7-8-5-3-6-10(8)19-11/h7H,2-6H2,1H3,(H,16,17). The van der Waals surface area contributed by atoms with Gasteiger partial charge in [-0.3, -0.25) is 0 Å². The molecule has 3 rings (SSSR count). The minimum atomic E-state index is -1.04. The van der Waals surface area contributed by atoms with Crippen LogP contribution in [0, 0.1) is 0 Å². The summed E-state index contributed by atoms with van der Waals surface area (Å²) in [5.41, 5.74) is 1.92. The lowest BCUT2D eigenvalue weighted by Gasteiger charge is -1.91. The van der Waals surface area contributed by atoms with Crippen LogP contribution in [0.5, 0.6) is 0 Å². The lowest BCUT2D eigenvalue weighted by molar-refractivity contribution is 0.0662. The summed E-state index contributed by atoms with van der Waals surface area (Å²) in [5, 5.41) is 9.14. The number of fused-ring (bicyclic) bond motifs is 1. The van der Waals surface area contributed by atoms with E-state index in [1.807, 2.05) is 6.92 Å². The number of aromatic carboxylic acids is 1. The number of oxazole rings is 1. The Hall–Kier alpha value is -1.62. The summed E-state index contributed by atoms with van der Waals surface area (Å²) in [7, 11) is 0. The van der Waals surface area contributed by atoms with Gasteiger partial charge in [0.15, 0.2) is 0 Å². The molecule has 4 nitrogen and oxygen atoms in total. The second-order valence-corrected chi connectivity index (χ2v) is 5.90. The van der Waals surface area contributed by atoms with Gasteiger partial charge in [-0.25, -0.2) is 9.78 Å². The molecule has 0 spiro atoms. The van der Waals surface area contributed by atoms with Crippen molar-refractivity contribution in [3.63, 3.8) is 0 Å². The first-order valence-corrected chi connectivity index (χ1v) is 7.35. The Kier molecular flexibility index (Phi) is 3.14. The third-order valence-electron chi connectivity index (χ3n) is 3.34. The summed E-state index contributed by atoms with van der Waals surface area (Å²) in [6.07, 6.45) is 4.94. The lowest BCUT2D eigenvalue weighted by atomic mass is 10.2. The van der Waals surface area contributed by atoms with Crippen LogP contribution in [0.25, 0.3) is 10.8 Å². The zero-order valence-corrected chi connectivity index (χ0v) is 11.5. The minimum Gasteiger partial charge on any atom is -0.475 e. The summed E-state index contributed by atoms with van der Waals surface area (Å²) in [4.78, 5) is 17.9. The van der Waals surface area contributed by atoms with Crippen LogP contribution in [0.1, 0.15) is 46.5 Å². The average Bonchev–Trinajstić information content (AvgIpc) is 2.99. The van der Waals surface area contributed by atoms with Crippen LogP contribution in [0.4, 0.5) is 0 Å². The van der Waals surface area contributed by atoms with E-state index in [1.165, 1.54) is 16.9 Å². The fraction of sp³-hybridized carbons (Fsp3) is 0.429. The van der Waals surface area contributed by atoms with Gasteiger partial charge in [-0.15, -0.1) is 11.3 Å². The van der Waals surface area contributed by atoms with Gasteiger partial charge < -0.3 is 9.52 Å². The van der Waals surface area contributed by atoms with Crippen molar-refractivity contribution in [2.45, 2.75) is 39.0 Å². The van der Waals surface area contributed by atoms with Gasteiger partial charge in [0.05, 0.1) is 10.6 Å². The highest BCUT2D eigenvalue weighted by atomic mass is 32.1. The van der Waals surface area contributed by atoms with Gasteiger partial charge in [-0.05, 0) is 37.3 Å². The van der Waals surface area contributed by atoms with Crippen molar-refractivity contribution in [3.8, 4) is 10.8 Å². The maximum atomic E-state index is 11.2. The lowest BCUT2D eigenvalue weighted by Crippen LogP contribution is -1.99. The predicted octanol–water partition coefficient (Wildman–Crippen LogP) is 3.54. The molecule has 0 bridgehead atoms. The van der Waals surface area contributed by atoms with Crippen molar-refractivity contribution >= 4 is 17.3 Å². The number of thiophene rings is 1. The molecule has 0 aliphatic heterocycles. The molecule has 0 aromatic carbocycles. The molecule has 0 atom stereocenters. The highest BCUT2D eigenvalue weighted by molar-refractivity contribution is 7.15. The molecule has 5 heteroatoms. The third kappa shape index (κ3) is 2.18. The summed E-state index contributed by atoms with van der Waals surface area (Å²) in [6, 6.07) is 2.10. The van der Waals surface area contributed by atoms with E-state index in [0.29, 0.717) is 18.0 Å². The van der Waals surface area contributed by atoms with E-state index in [-0.39, 0.29) is 5.76 Å². The molecular formula is C14H15NO3S. The number of carbonyl (C=O) groups is 1. The van der Waals surface area contributed by atoms with Crippen LogP contribution < -0.4 is 0 Å². The fourth-order valence-corrected chi connectivity index (χ4v) is 3.64. The highest BCUT2D eigenvalue weighted by Crippen LogP contribution is 2.36. The number of hydrogen-bond donors (Lipinski definition) is 1. The molecule has 0 radical (unpaired) electrons. The first-order chi connectivity index (χ1) is 9.19. The Morgan fingerprint density at radius 3 is 3.05 bits per heavy atom. The number of carboxylic acid groups (broad SMARTS) is 1. The topological polar surface area (TPSA) is 63.3 Å². The first-order valence-electron chi connectivity index (χ1n) is 6.54. The third-order valence-corrected chi connectivity index (χ3v) is 4.56. The Bertz CT molecular complexity index is 605. The normalized spacial score (nSPS) is 13.7. The summed E-state index contributed by atoms with van der Waals surface area (Å²) >= 11 is 1.68. The maximum Gasteiger partial charge on any atom is 0.373 e. The minimum absolute atomic E-state index is 0.00888. The molecule has 0 saturated carbocycles.